The minimum absolute atomic E-state index is 1.22. The van der Waals surface area contributed by atoms with Crippen LogP contribution in [0.4, 0.5) is 5.69 Å². The van der Waals surface area contributed by atoms with E-state index in [0.717, 1.165) is 0 Å². The number of hydrogen-bond acceptors (Lipinski definition) is 2. The molecule has 1 aliphatic rings. The van der Waals surface area contributed by atoms with Crippen LogP contribution in [0.25, 0.3) is 27.1 Å². The molecule has 0 aliphatic carbocycles. The second-order valence-electron chi connectivity index (χ2n) is 6.35. The Hall–Kier alpha value is -2.97. The van der Waals surface area contributed by atoms with Gasteiger partial charge in [0.15, 0.2) is 0 Å². The summed E-state index contributed by atoms with van der Waals surface area (Å²) in [6.45, 7) is 0. The summed E-state index contributed by atoms with van der Waals surface area (Å²) in [7, 11) is 0. The molecule has 0 fully saturated rings. The minimum atomic E-state index is 1.22. The molecule has 0 bridgehead atoms. The molecular formula is C24H17NS. The van der Waals surface area contributed by atoms with Crippen LogP contribution in [-0.2, 0) is 0 Å². The van der Waals surface area contributed by atoms with Crippen molar-refractivity contribution in [2.75, 3.05) is 4.31 Å². The number of allylic oxidation sites excluding steroid dienone is 2. The smallest absolute Gasteiger partial charge is 0.0599 e. The standard InChI is InChI=1S/C24H17NS/c1-3-11-21-18(7-1)9-5-13-22(21)20-15-16-25(26-17-20)24-14-6-10-19-8-2-4-12-23(19)24/h1-17H. The summed E-state index contributed by atoms with van der Waals surface area (Å²) < 4.78 is 2.23. The van der Waals surface area contributed by atoms with Crippen LogP contribution >= 0.6 is 11.9 Å². The molecule has 1 nitrogen and oxygen atoms in total. The quantitative estimate of drug-likeness (QED) is 0.357. The van der Waals surface area contributed by atoms with Crippen molar-refractivity contribution in [1.29, 1.82) is 0 Å². The lowest BCUT2D eigenvalue weighted by atomic mass is 9.99. The molecule has 26 heavy (non-hydrogen) atoms. The van der Waals surface area contributed by atoms with Gasteiger partial charge in [-0.2, -0.15) is 0 Å². The van der Waals surface area contributed by atoms with Gasteiger partial charge in [-0.25, -0.2) is 0 Å². The fourth-order valence-corrected chi connectivity index (χ4v) is 4.34. The van der Waals surface area contributed by atoms with Crippen LogP contribution in [0.3, 0.4) is 0 Å². The van der Waals surface area contributed by atoms with E-state index in [2.05, 4.69) is 107 Å². The molecule has 0 radical (unpaired) electrons. The van der Waals surface area contributed by atoms with Crippen LogP contribution in [0.15, 0.2) is 103 Å². The van der Waals surface area contributed by atoms with E-state index in [0.29, 0.717) is 0 Å². The lowest BCUT2D eigenvalue weighted by Crippen LogP contribution is -2.07. The van der Waals surface area contributed by atoms with E-state index in [1.54, 1.807) is 11.9 Å². The summed E-state index contributed by atoms with van der Waals surface area (Å²) in [5.74, 6) is 0. The first-order valence-corrected chi connectivity index (χ1v) is 9.54. The van der Waals surface area contributed by atoms with Crippen LogP contribution in [0.1, 0.15) is 5.56 Å². The van der Waals surface area contributed by atoms with E-state index in [1.165, 1.54) is 38.4 Å². The van der Waals surface area contributed by atoms with E-state index in [9.17, 15) is 0 Å². The van der Waals surface area contributed by atoms with E-state index in [1.807, 2.05) is 0 Å². The Morgan fingerprint density at radius 2 is 1.27 bits per heavy atom. The second kappa shape index (κ2) is 6.40. The van der Waals surface area contributed by atoms with Gasteiger partial charge in [0.25, 0.3) is 0 Å². The topological polar surface area (TPSA) is 3.24 Å². The number of nitrogens with zero attached hydrogens (tertiary/aromatic N) is 1. The molecule has 0 N–H and O–H groups in total. The lowest BCUT2D eigenvalue weighted by molar-refractivity contribution is 1.47. The normalized spacial score (nSPS) is 14.0. The highest BCUT2D eigenvalue weighted by Gasteiger charge is 2.13. The van der Waals surface area contributed by atoms with E-state index < -0.39 is 0 Å². The van der Waals surface area contributed by atoms with Crippen molar-refractivity contribution in [2.45, 2.75) is 0 Å². The molecule has 4 aromatic rings. The average molecular weight is 351 g/mol. The first-order valence-electron chi connectivity index (χ1n) is 8.70. The van der Waals surface area contributed by atoms with Gasteiger partial charge in [-0.05, 0) is 51.4 Å². The van der Waals surface area contributed by atoms with Crippen LogP contribution in [-0.4, -0.2) is 0 Å². The molecule has 2 heteroatoms. The molecule has 0 spiro atoms. The number of rotatable bonds is 2. The van der Waals surface area contributed by atoms with Crippen LogP contribution in [0, 0.1) is 0 Å². The Morgan fingerprint density at radius 3 is 2.04 bits per heavy atom. The largest absolute Gasteiger partial charge is 0.288 e. The molecule has 1 heterocycles. The fraction of sp³-hybridized carbons (Fsp3) is 0. The van der Waals surface area contributed by atoms with Gasteiger partial charge in [0.05, 0.1) is 5.69 Å². The van der Waals surface area contributed by atoms with Crippen LogP contribution in [0.5, 0.6) is 0 Å². The molecular weight excluding hydrogens is 334 g/mol. The SMILES string of the molecule is C1=CN(c2cccc3ccccc23)SC=C1c1cccc2ccccc12. The molecule has 0 amide bonds. The van der Waals surface area contributed by atoms with Gasteiger partial charge in [-0.15, -0.1) is 0 Å². The monoisotopic (exact) mass is 351 g/mol. The Labute approximate surface area is 157 Å². The lowest BCUT2D eigenvalue weighted by Gasteiger charge is -2.23. The van der Waals surface area contributed by atoms with Crippen LogP contribution in [0.2, 0.25) is 0 Å². The summed E-state index contributed by atoms with van der Waals surface area (Å²) >= 11 is 1.73. The van der Waals surface area contributed by atoms with Crippen molar-refractivity contribution in [3.05, 3.63) is 108 Å². The highest BCUT2D eigenvalue weighted by molar-refractivity contribution is 8.03. The van der Waals surface area contributed by atoms with Crippen molar-refractivity contribution >= 4 is 44.8 Å². The summed E-state index contributed by atoms with van der Waals surface area (Å²) in [4.78, 5) is 0. The molecule has 0 saturated carbocycles. The van der Waals surface area contributed by atoms with Gasteiger partial charge in [-0.3, -0.25) is 4.31 Å². The van der Waals surface area contributed by atoms with Crippen molar-refractivity contribution in [2.24, 2.45) is 0 Å². The van der Waals surface area contributed by atoms with Crippen LogP contribution < -0.4 is 4.31 Å². The molecule has 124 valence electrons. The molecule has 0 unspecified atom stereocenters. The van der Waals surface area contributed by atoms with Crippen molar-refractivity contribution in [1.82, 2.24) is 0 Å². The zero-order chi connectivity index (χ0) is 17.3. The van der Waals surface area contributed by atoms with Gasteiger partial charge in [0.2, 0.25) is 0 Å². The average Bonchev–Trinajstić information content (AvgIpc) is 2.73. The zero-order valence-electron chi connectivity index (χ0n) is 14.2. The third kappa shape index (κ3) is 2.59. The minimum Gasteiger partial charge on any atom is -0.288 e. The highest BCUT2D eigenvalue weighted by atomic mass is 32.2. The van der Waals surface area contributed by atoms with Gasteiger partial charge in [0.1, 0.15) is 0 Å². The number of benzene rings is 4. The second-order valence-corrected chi connectivity index (χ2v) is 7.19. The molecule has 0 atom stereocenters. The third-order valence-corrected chi connectivity index (χ3v) is 5.69. The van der Waals surface area contributed by atoms with Gasteiger partial charge >= 0.3 is 0 Å². The van der Waals surface area contributed by atoms with E-state index >= 15 is 0 Å². The summed E-state index contributed by atoms with van der Waals surface area (Å²) in [6.07, 6.45) is 4.38. The first-order chi connectivity index (χ1) is 12.9. The molecule has 0 saturated heterocycles. The summed E-state index contributed by atoms with van der Waals surface area (Å²) in [5.41, 5.74) is 3.75. The Balaban J connectivity index is 1.52. The fourth-order valence-electron chi connectivity index (χ4n) is 3.50. The molecule has 5 rings (SSSR count). The van der Waals surface area contributed by atoms with Gasteiger partial charge < -0.3 is 0 Å². The number of hydrogen-bond donors (Lipinski definition) is 0. The Morgan fingerprint density at radius 1 is 0.615 bits per heavy atom. The Bertz CT molecular complexity index is 1160. The summed E-state index contributed by atoms with van der Waals surface area (Å²) in [5, 5.41) is 7.35. The molecule has 4 aromatic carbocycles. The molecule has 0 aromatic heterocycles. The maximum absolute atomic E-state index is 2.24. The van der Waals surface area contributed by atoms with E-state index in [4.69, 9.17) is 0 Å². The van der Waals surface area contributed by atoms with Crippen molar-refractivity contribution < 1.29 is 0 Å². The van der Waals surface area contributed by atoms with Gasteiger partial charge in [0, 0.05) is 17.0 Å². The maximum Gasteiger partial charge on any atom is 0.0599 e. The Kier molecular flexibility index (Phi) is 3.76. The number of fused-ring (bicyclic) bond motifs is 2. The van der Waals surface area contributed by atoms with Crippen molar-refractivity contribution in [3.63, 3.8) is 0 Å². The first kappa shape index (κ1) is 15.3. The zero-order valence-corrected chi connectivity index (χ0v) is 15.0. The predicted molar refractivity (Wildman–Crippen MR) is 115 cm³/mol. The maximum atomic E-state index is 2.24. The highest BCUT2D eigenvalue weighted by Crippen LogP contribution is 2.37. The number of anilines is 1. The third-order valence-electron chi connectivity index (χ3n) is 4.79. The van der Waals surface area contributed by atoms with E-state index in [-0.39, 0.29) is 0 Å². The summed E-state index contributed by atoms with van der Waals surface area (Å²) in [6, 6.07) is 30.1. The van der Waals surface area contributed by atoms with Gasteiger partial charge in [-0.1, -0.05) is 78.9 Å². The van der Waals surface area contributed by atoms with Crippen molar-refractivity contribution in [3.8, 4) is 0 Å². The predicted octanol–water partition coefficient (Wildman–Crippen LogP) is 7.02. The molecule has 1 aliphatic heterocycles.